The minimum atomic E-state index is 0.00495. The number of rotatable bonds is 3. The van der Waals surface area contributed by atoms with E-state index >= 15 is 0 Å². The van der Waals surface area contributed by atoms with Crippen LogP contribution in [0.3, 0.4) is 0 Å². The molecular formula is C13H13N3OS2. The van der Waals surface area contributed by atoms with E-state index in [1.807, 2.05) is 16.8 Å². The first-order chi connectivity index (χ1) is 9.15. The highest BCUT2D eigenvalue weighted by molar-refractivity contribution is 7.16. The summed E-state index contributed by atoms with van der Waals surface area (Å²) in [4.78, 5) is 21.9. The predicted octanol–water partition coefficient (Wildman–Crippen LogP) is 3.09. The molecule has 0 bridgehead atoms. The monoisotopic (exact) mass is 291 g/mol. The van der Waals surface area contributed by atoms with Gasteiger partial charge in [0, 0.05) is 11.3 Å². The van der Waals surface area contributed by atoms with Crippen LogP contribution in [0, 0.1) is 0 Å². The molecule has 0 radical (unpaired) electrons. The molecule has 0 aliphatic rings. The number of thiophene rings is 1. The standard InChI is InChI=1S/C13H13N3OS2/c1-8(2)11-15-9(6-19-11)5-16-7-14-12-10(13(16)17)3-4-18-12/h3-4,6-8H,5H2,1-2H3. The third kappa shape index (κ3) is 2.33. The molecule has 3 aromatic rings. The van der Waals surface area contributed by atoms with Crippen molar-refractivity contribution in [2.75, 3.05) is 0 Å². The van der Waals surface area contributed by atoms with E-state index in [9.17, 15) is 4.79 Å². The van der Waals surface area contributed by atoms with E-state index in [0.29, 0.717) is 17.8 Å². The second-order valence-corrected chi connectivity index (χ2v) is 6.43. The summed E-state index contributed by atoms with van der Waals surface area (Å²) in [5.74, 6) is 0.424. The number of aromatic nitrogens is 3. The van der Waals surface area contributed by atoms with Crippen molar-refractivity contribution in [3.8, 4) is 0 Å². The third-order valence-electron chi connectivity index (χ3n) is 2.85. The van der Waals surface area contributed by atoms with Gasteiger partial charge in [-0.25, -0.2) is 9.97 Å². The van der Waals surface area contributed by atoms with Crippen LogP contribution in [0.25, 0.3) is 10.2 Å². The van der Waals surface area contributed by atoms with Crippen molar-refractivity contribution in [1.82, 2.24) is 14.5 Å². The lowest BCUT2D eigenvalue weighted by atomic mass is 10.2. The molecule has 0 atom stereocenters. The molecule has 6 heteroatoms. The lowest BCUT2D eigenvalue weighted by Gasteiger charge is -2.02. The van der Waals surface area contributed by atoms with Crippen LogP contribution in [0.5, 0.6) is 0 Å². The Morgan fingerprint density at radius 2 is 2.21 bits per heavy atom. The van der Waals surface area contributed by atoms with Crippen LogP contribution in [-0.4, -0.2) is 14.5 Å². The first-order valence-electron chi connectivity index (χ1n) is 6.02. The predicted molar refractivity (Wildman–Crippen MR) is 79.2 cm³/mol. The van der Waals surface area contributed by atoms with Gasteiger partial charge in [0.1, 0.15) is 4.83 Å². The Balaban J connectivity index is 1.96. The van der Waals surface area contributed by atoms with Gasteiger partial charge in [-0.1, -0.05) is 13.8 Å². The molecule has 0 N–H and O–H groups in total. The highest BCUT2D eigenvalue weighted by Crippen LogP contribution is 2.19. The third-order valence-corrected chi connectivity index (χ3v) is 4.86. The molecule has 19 heavy (non-hydrogen) atoms. The van der Waals surface area contributed by atoms with Gasteiger partial charge in [-0.2, -0.15) is 0 Å². The molecule has 0 fully saturated rings. The van der Waals surface area contributed by atoms with Crippen LogP contribution in [0.4, 0.5) is 0 Å². The maximum atomic E-state index is 12.2. The summed E-state index contributed by atoms with van der Waals surface area (Å²) in [7, 11) is 0. The average molecular weight is 291 g/mol. The number of thiazole rings is 1. The van der Waals surface area contributed by atoms with E-state index in [0.717, 1.165) is 15.5 Å². The van der Waals surface area contributed by atoms with E-state index in [4.69, 9.17) is 0 Å². The number of fused-ring (bicyclic) bond motifs is 1. The van der Waals surface area contributed by atoms with Crippen molar-refractivity contribution in [2.45, 2.75) is 26.3 Å². The summed E-state index contributed by atoms with van der Waals surface area (Å²) in [5, 5.41) is 5.70. The molecule has 4 nitrogen and oxygen atoms in total. The zero-order valence-electron chi connectivity index (χ0n) is 10.7. The fraction of sp³-hybridized carbons (Fsp3) is 0.308. The number of hydrogen-bond donors (Lipinski definition) is 0. The summed E-state index contributed by atoms with van der Waals surface area (Å²) in [6, 6.07) is 1.83. The van der Waals surface area contributed by atoms with E-state index in [2.05, 4.69) is 23.8 Å². The topological polar surface area (TPSA) is 47.8 Å². The van der Waals surface area contributed by atoms with Crippen LogP contribution < -0.4 is 5.56 Å². The largest absolute Gasteiger partial charge is 0.293 e. The van der Waals surface area contributed by atoms with Crippen molar-refractivity contribution in [1.29, 1.82) is 0 Å². The van der Waals surface area contributed by atoms with Gasteiger partial charge in [-0.3, -0.25) is 9.36 Å². The molecule has 3 aromatic heterocycles. The minimum Gasteiger partial charge on any atom is -0.293 e. The van der Waals surface area contributed by atoms with Gasteiger partial charge in [0.25, 0.3) is 5.56 Å². The van der Waals surface area contributed by atoms with Crippen LogP contribution in [0.2, 0.25) is 0 Å². The van der Waals surface area contributed by atoms with Crippen LogP contribution in [-0.2, 0) is 6.54 Å². The van der Waals surface area contributed by atoms with Gasteiger partial charge in [-0.15, -0.1) is 22.7 Å². The smallest absolute Gasteiger partial charge is 0.262 e. The Morgan fingerprint density at radius 1 is 1.37 bits per heavy atom. The number of hydrogen-bond acceptors (Lipinski definition) is 5. The van der Waals surface area contributed by atoms with Gasteiger partial charge >= 0.3 is 0 Å². The van der Waals surface area contributed by atoms with E-state index in [-0.39, 0.29) is 5.56 Å². The Kier molecular flexibility index (Phi) is 3.20. The first-order valence-corrected chi connectivity index (χ1v) is 7.78. The van der Waals surface area contributed by atoms with Crippen molar-refractivity contribution in [3.63, 3.8) is 0 Å². The molecule has 0 saturated carbocycles. The molecule has 0 spiro atoms. The van der Waals surface area contributed by atoms with Gasteiger partial charge in [0.2, 0.25) is 0 Å². The van der Waals surface area contributed by atoms with Crippen molar-refractivity contribution >= 4 is 32.9 Å². The van der Waals surface area contributed by atoms with Crippen molar-refractivity contribution < 1.29 is 0 Å². The number of nitrogens with zero attached hydrogens (tertiary/aromatic N) is 3. The summed E-state index contributed by atoms with van der Waals surface area (Å²) in [6.45, 7) is 4.72. The molecule has 0 aliphatic carbocycles. The normalized spacial score (nSPS) is 11.5. The maximum Gasteiger partial charge on any atom is 0.262 e. The fourth-order valence-corrected chi connectivity index (χ4v) is 3.39. The van der Waals surface area contributed by atoms with Gasteiger partial charge < -0.3 is 0 Å². The zero-order valence-corrected chi connectivity index (χ0v) is 12.3. The molecule has 3 rings (SSSR count). The molecule has 0 amide bonds. The molecular weight excluding hydrogens is 278 g/mol. The minimum absolute atomic E-state index is 0.00495. The van der Waals surface area contributed by atoms with Crippen LogP contribution in [0.1, 0.15) is 30.5 Å². The Hall–Kier alpha value is -1.53. The second kappa shape index (κ2) is 4.86. The van der Waals surface area contributed by atoms with Gasteiger partial charge in [0.15, 0.2) is 0 Å². The van der Waals surface area contributed by atoms with Crippen molar-refractivity contribution in [3.05, 3.63) is 44.2 Å². The second-order valence-electron chi connectivity index (χ2n) is 4.65. The molecule has 0 saturated heterocycles. The van der Waals surface area contributed by atoms with Gasteiger partial charge in [0.05, 0.1) is 29.0 Å². The molecule has 0 aliphatic heterocycles. The molecule has 0 unspecified atom stereocenters. The molecule has 0 aromatic carbocycles. The summed E-state index contributed by atoms with van der Waals surface area (Å²) < 4.78 is 1.62. The maximum absolute atomic E-state index is 12.2. The first kappa shape index (κ1) is 12.5. The van der Waals surface area contributed by atoms with E-state index in [1.54, 1.807) is 22.2 Å². The Morgan fingerprint density at radius 3 is 2.95 bits per heavy atom. The highest BCUT2D eigenvalue weighted by atomic mass is 32.1. The van der Waals surface area contributed by atoms with Crippen molar-refractivity contribution in [2.24, 2.45) is 0 Å². The molecule has 98 valence electrons. The lowest BCUT2D eigenvalue weighted by Crippen LogP contribution is -2.20. The zero-order chi connectivity index (χ0) is 13.4. The van der Waals surface area contributed by atoms with E-state index in [1.165, 1.54) is 11.3 Å². The highest BCUT2D eigenvalue weighted by Gasteiger charge is 2.09. The Labute approximate surface area is 118 Å². The fourth-order valence-electron chi connectivity index (χ4n) is 1.84. The summed E-state index contributed by atoms with van der Waals surface area (Å²) in [5.41, 5.74) is 0.928. The SMILES string of the molecule is CC(C)c1nc(Cn2cnc3sccc3c2=O)cs1. The summed E-state index contributed by atoms with van der Waals surface area (Å²) >= 11 is 3.13. The molecule has 3 heterocycles. The van der Waals surface area contributed by atoms with E-state index < -0.39 is 0 Å². The van der Waals surface area contributed by atoms with Gasteiger partial charge in [-0.05, 0) is 11.4 Å². The Bertz CT molecular complexity index is 769. The van der Waals surface area contributed by atoms with Crippen LogP contribution in [0.15, 0.2) is 27.9 Å². The quantitative estimate of drug-likeness (QED) is 0.745. The lowest BCUT2D eigenvalue weighted by molar-refractivity contribution is 0.726. The summed E-state index contributed by atoms with van der Waals surface area (Å²) in [6.07, 6.45) is 1.61. The average Bonchev–Trinajstić information content (AvgIpc) is 3.01. The van der Waals surface area contributed by atoms with Crippen LogP contribution >= 0.6 is 22.7 Å².